The first kappa shape index (κ1) is 14.0. The van der Waals surface area contributed by atoms with Crippen molar-refractivity contribution in [3.63, 3.8) is 0 Å². The van der Waals surface area contributed by atoms with Crippen LogP contribution in [0.4, 0.5) is 0 Å². The molecular weight excluding hydrogens is 194 g/mol. The number of likely N-dealkylation sites (tertiary alicyclic amines) is 1. The van der Waals surface area contributed by atoms with Crippen molar-refractivity contribution >= 4 is 0 Å². The van der Waals surface area contributed by atoms with Crippen molar-refractivity contribution in [2.45, 2.75) is 65.2 Å². The predicted molar refractivity (Wildman–Crippen MR) is 72.8 cm³/mol. The van der Waals surface area contributed by atoms with Gasteiger partial charge in [0.1, 0.15) is 0 Å². The lowest BCUT2D eigenvalue weighted by atomic mass is 9.90. The average molecular weight is 225 g/mol. The third-order valence-corrected chi connectivity index (χ3v) is 4.18. The lowest BCUT2D eigenvalue weighted by Gasteiger charge is -2.28. The van der Waals surface area contributed by atoms with Gasteiger partial charge in [0.05, 0.1) is 0 Å². The minimum absolute atomic E-state index is 0.961. The first-order valence-corrected chi connectivity index (χ1v) is 7.41. The molecule has 1 nitrogen and oxygen atoms in total. The molecule has 1 aliphatic rings. The van der Waals surface area contributed by atoms with Crippen molar-refractivity contribution in [3.8, 4) is 0 Å². The van der Waals surface area contributed by atoms with Crippen LogP contribution < -0.4 is 0 Å². The molecule has 1 fully saturated rings. The molecule has 0 bridgehead atoms. The number of piperidine rings is 1. The lowest BCUT2D eigenvalue weighted by molar-refractivity contribution is 0.209. The predicted octanol–water partition coefficient (Wildman–Crippen LogP) is 4.32. The molecule has 1 heterocycles. The fraction of sp³-hybridized carbons (Fsp3) is 1.00. The number of hydrogen-bond acceptors (Lipinski definition) is 1. The topological polar surface area (TPSA) is 3.24 Å². The van der Waals surface area contributed by atoms with E-state index in [-0.39, 0.29) is 0 Å². The van der Waals surface area contributed by atoms with E-state index in [0.29, 0.717) is 0 Å². The lowest BCUT2D eigenvalue weighted by Crippen LogP contribution is -2.30. The van der Waals surface area contributed by atoms with E-state index in [2.05, 4.69) is 25.8 Å². The van der Waals surface area contributed by atoms with Crippen molar-refractivity contribution in [2.24, 2.45) is 11.8 Å². The van der Waals surface area contributed by atoms with Gasteiger partial charge in [-0.05, 0) is 44.8 Å². The molecule has 0 aliphatic carbocycles. The maximum atomic E-state index is 2.47. The van der Waals surface area contributed by atoms with Gasteiger partial charge in [-0.25, -0.2) is 0 Å². The summed E-state index contributed by atoms with van der Waals surface area (Å²) in [4.78, 5) is 2.47. The molecule has 0 aromatic carbocycles. The van der Waals surface area contributed by atoms with Crippen molar-refractivity contribution in [3.05, 3.63) is 0 Å². The molecule has 0 amide bonds. The summed E-state index contributed by atoms with van der Waals surface area (Å²) in [5.41, 5.74) is 0. The second kappa shape index (κ2) is 8.11. The Hall–Kier alpha value is -0.0400. The summed E-state index contributed by atoms with van der Waals surface area (Å²) >= 11 is 0. The van der Waals surface area contributed by atoms with Crippen molar-refractivity contribution in [2.75, 3.05) is 20.1 Å². The average Bonchev–Trinajstić information content (AvgIpc) is 2.27. The summed E-state index contributed by atoms with van der Waals surface area (Å²) in [6.45, 7) is 7.38. The van der Waals surface area contributed by atoms with Gasteiger partial charge < -0.3 is 4.90 Å². The first-order chi connectivity index (χ1) is 7.72. The van der Waals surface area contributed by atoms with Crippen LogP contribution in [-0.4, -0.2) is 25.0 Å². The van der Waals surface area contributed by atoms with Crippen LogP contribution in [0.5, 0.6) is 0 Å². The standard InChI is InChI=1S/C15H31N/c1-4-7-14(2)8-5-6-9-15-10-12-16(3)13-11-15/h14-15H,4-13H2,1-3H3. The largest absolute Gasteiger partial charge is 0.306 e. The minimum Gasteiger partial charge on any atom is -0.306 e. The summed E-state index contributed by atoms with van der Waals surface area (Å²) in [7, 11) is 2.25. The van der Waals surface area contributed by atoms with Crippen LogP contribution in [0, 0.1) is 11.8 Å². The molecule has 1 rings (SSSR count). The molecule has 0 radical (unpaired) electrons. The number of unbranched alkanes of at least 4 members (excludes halogenated alkanes) is 1. The van der Waals surface area contributed by atoms with E-state index in [1.54, 1.807) is 0 Å². The zero-order valence-electron chi connectivity index (χ0n) is 11.7. The van der Waals surface area contributed by atoms with Crippen LogP contribution in [-0.2, 0) is 0 Å². The van der Waals surface area contributed by atoms with Gasteiger partial charge in [-0.3, -0.25) is 0 Å². The molecule has 0 aromatic rings. The Bertz CT molecular complexity index is 159. The van der Waals surface area contributed by atoms with Crippen LogP contribution in [0.3, 0.4) is 0 Å². The van der Waals surface area contributed by atoms with Gasteiger partial charge >= 0.3 is 0 Å². The van der Waals surface area contributed by atoms with Crippen molar-refractivity contribution in [1.82, 2.24) is 4.90 Å². The van der Waals surface area contributed by atoms with E-state index in [0.717, 1.165) is 11.8 Å². The molecular formula is C15H31N. The SMILES string of the molecule is CCCC(C)CCCCC1CCN(C)CC1. The van der Waals surface area contributed by atoms with Gasteiger partial charge in [-0.2, -0.15) is 0 Å². The second-order valence-corrected chi connectivity index (χ2v) is 5.92. The maximum absolute atomic E-state index is 2.47. The first-order valence-electron chi connectivity index (χ1n) is 7.41. The zero-order chi connectivity index (χ0) is 11.8. The maximum Gasteiger partial charge on any atom is -0.00191 e. The van der Waals surface area contributed by atoms with Crippen molar-refractivity contribution in [1.29, 1.82) is 0 Å². The summed E-state index contributed by atoms with van der Waals surface area (Å²) in [5.74, 6) is 2.00. The molecule has 1 aliphatic heterocycles. The minimum atomic E-state index is 0.961. The van der Waals surface area contributed by atoms with Gasteiger partial charge in [-0.15, -0.1) is 0 Å². The van der Waals surface area contributed by atoms with Crippen molar-refractivity contribution < 1.29 is 0 Å². The second-order valence-electron chi connectivity index (χ2n) is 5.92. The number of rotatable bonds is 7. The Balaban J connectivity index is 1.95. The van der Waals surface area contributed by atoms with E-state index in [4.69, 9.17) is 0 Å². The Morgan fingerprint density at radius 1 is 1.12 bits per heavy atom. The highest BCUT2D eigenvalue weighted by molar-refractivity contribution is 4.70. The van der Waals surface area contributed by atoms with Gasteiger partial charge in [-0.1, -0.05) is 52.4 Å². The normalized spacial score (nSPS) is 21.2. The molecule has 0 aromatic heterocycles. The van der Waals surface area contributed by atoms with Gasteiger partial charge in [0.15, 0.2) is 0 Å². The summed E-state index contributed by atoms with van der Waals surface area (Å²) in [6.07, 6.45) is 11.6. The van der Waals surface area contributed by atoms with E-state index in [1.165, 1.54) is 64.5 Å². The van der Waals surface area contributed by atoms with Crippen LogP contribution in [0.2, 0.25) is 0 Å². The quantitative estimate of drug-likeness (QED) is 0.583. The molecule has 0 saturated carbocycles. The Labute approximate surface area is 103 Å². The van der Waals surface area contributed by atoms with Gasteiger partial charge in [0.25, 0.3) is 0 Å². The molecule has 16 heavy (non-hydrogen) atoms. The molecule has 1 heteroatoms. The smallest absolute Gasteiger partial charge is 0.00191 e. The number of hydrogen-bond donors (Lipinski definition) is 0. The van der Waals surface area contributed by atoms with E-state index in [9.17, 15) is 0 Å². The fourth-order valence-electron chi connectivity index (χ4n) is 2.91. The third-order valence-electron chi connectivity index (χ3n) is 4.18. The molecule has 0 N–H and O–H groups in total. The van der Waals surface area contributed by atoms with E-state index >= 15 is 0 Å². The van der Waals surface area contributed by atoms with Crippen LogP contribution in [0.1, 0.15) is 65.2 Å². The fourth-order valence-corrected chi connectivity index (χ4v) is 2.91. The Morgan fingerprint density at radius 2 is 1.81 bits per heavy atom. The third kappa shape index (κ3) is 5.89. The highest BCUT2D eigenvalue weighted by Gasteiger charge is 2.15. The molecule has 1 unspecified atom stereocenters. The van der Waals surface area contributed by atoms with Gasteiger partial charge in [0, 0.05) is 0 Å². The molecule has 96 valence electrons. The highest BCUT2D eigenvalue weighted by Crippen LogP contribution is 2.23. The highest BCUT2D eigenvalue weighted by atomic mass is 15.1. The van der Waals surface area contributed by atoms with Gasteiger partial charge in [0.2, 0.25) is 0 Å². The van der Waals surface area contributed by atoms with Crippen LogP contribution in [0.15, 0.2) is 0 Å². The summed E-state index contributed by atoms with van der Waals surface area (Å²) in [6, 6.07) is 0. The van der Waals surface area contributed by atoms with E-state index in [1.807, 2.05) is 0 Å². The summed E-state index contributed by atoms with van der Waals surface area (Å²) in [5, 5.41) is 0. The Kier molecular flexibility index (Phi) is 7.11. The Morgan fingerprint density at radius 3 is 2.44 bits per heavy atom. The molecule has 0 spiro atoms. The van der Waals surface area contributed by atoms with Crippen LogP contribution in [0.25, 0.3) is 0 Å². The number of nitrogens with zero attached hydrogens (tertiary/aromatic N) is 1. The van der Waals surface area contributed by atoms with Crippen LogP contribution >= 0.6 is 0 Å². The zero-order valence-corrected chi connectivity index (χ0v) is 11.7. The monoisotopic (exact) mass is 225 g/mol. The summed E-state index contributed by atoms with van der Waals surface area (Å²) < 4.78 is 0. The molecule has 1 atom stereocenters. The molecule has 1 saturated heterocycles. The van der Waals surface area contributed by atoms with E-state index < -0.39 is 0 Å².